The molecule has 0 radical (unpaired) electrons. The minimum absolute atomic E-state index is 0.00720. The van der Waals surface area contributed by atoms with Crippen LogP contribution in [0.2, 0.25) is 0 Å². The number of carboxylic acid groups (broad SMARTS) is 1. The van der Waals surface area contributed by atoms with E-state index >= 15 is 0 Å². The van der Waals surface area contributed by atoms with E-state index in [0.717, 1.165) is 30.2 Å². The highest BCUT2D eigenvalue weighted by Crippen LogP contribution is 2.59. The summed E-state index contributed by atoms with van der Waals surface area (Å²) in [5.41, 5.74) is -0.351. The molecule has 2 bridgehead atoms. The summed E-state index contributed by atoms with van der Waals surface area (Å²) in [5, 5.41) is 9.17. The minimum Gasteiger partial charge on any atom is -0.478 e. The van der Waals surface area contributed by atoms with Crippen LogP contribution in [0.3, 0.4) is 0 Å². The molecule has 27 heavy (non-hydrogen) atoms. The molecule has 6 unspecified atom stereocenters. The topological polar surface area (TPSA) is 55.8 Å². The van der Waals surface area contributed by atoms with Gasteiger partial charge in [-0.1, -0.05) is 27.2 Å². The summed E-state index contributed by atoms with van der Waals surface area (Å²) in [6, 6.07) is 3.63. The molecule has 0 spiro atoms. The molecule has 3 aliphatic carbocycles. The fourth-order valence-electron chi connectivity index (χ4n) is 5.57. The van der Waals surface area contributed by atoms with Crippen molar-refractivity contribution in [2.24, 2.45) is 29.1 Å². The van der Waals surface area contributed by atoms with Crippen LogP contribution in [0, 0.1) is 34.9 Å². The monoisotopic (exact) mass is 376 g/mol. The highest BCUT2D eigenvalue weighted by molar-refractivity contribution is 5.88. The van der Waals surface area contributed by atoms with Crippen LogP contribution in [-0.2, 0) is 4.74 Å². The fraction of sp³-hybridized carbons (Fsp3) is 0.682. The zero-order valence-electron chi connectivity index (χ0n) is 16.3. The molecule has 6 atom stereocenters. The molecule has 1 aromatic rings. The quantitative estimate of drug-likeness (QED) is 0.725. The van der Waals surface area contributed by atoms with Gasteiger partial charge < -0.3 is 14.6 Å². The van der Waals surface area contributed by atoms with E-state index in [1.54, 1.807) is 0 Å². The molecule has 1 aromatic carbocycles. The normalized spacial score (nSPS) is 33.1. The van der Waals surface area contributed by atoms with Gasteiger partial charge in [-0.15, -0.1) is 0 Å². The van der Waals surface area contributed by atoms with Gasteiger partial charge in [0.05, 0.1) is 11.7 Å². The van der Waals surface area contributed by atoms with Crippen LogP contribution in [0.25, 0.3) is 0 Å². The Balaban J connectivity index is 1.52. The van der Waals surface area contributed by atoms with E-state index in [0.29, 0.717) is 5.92 Å². The summed E-state index contributed by atoms with van der Waals surface area (Å²) in [5.74, 6) is 1.29. The Hall–Kier alpha value is -1.62. The summed E-state index contributed by atoms with van der Waals surface area (Å²) in [6.07, 6.45) is 5.86. The Bertz CT molecular complexity index is 726. The number of ether oxygens (including phenoxy) is 2. The molecule has 3 saturated carbocycles. The van der Waals surface area contributed by atoms with Crippen molar-refractivity contribution in [3.63, 3.8) is 0 Å². The summed E-state index contributed by atoms with van der Waals surface area (Å²) >= 11 is 0. The van der Waals surface area contributed by atoms with E-state index in [1.807, 2.05) is 20.8 Å². The first-order valence-electron chi connectivity index (χ1n) is 10.1. The average Bonchev–Trinajstić information content (AvgIpc) is 3.27. The summed E-state index contributed by atoms with van der Waals surface area (Å²) in [6.45, 7) is 6.01. The molecule has 0 saturated heterocycles. The van der Waals surface area contributed by atoms with E-state index in [1.165, 1.54) is 37.8 Å². The van der Waals surface area contributed by atoms with Crippen molar-refractivity contribution in [1.82, 2.24) is 0 Å². The smallest absolute Gasteiger partial charge is 0.335 e. The van der Waals surface area contributed by atoms with Crippen molar-refractivity contribution in [3.8, 4) is 5.75 Å². The van der Waals surface area contributed by atoms with Crippen molar-refractivity contribution in [2.75, 3.05) is 0 Å². The van der Waals surface area contributed by atoms with Crippen LogP contribution < -0.4 is 4.74 Å². The summed E-state index contributed by atoms with van der Waals surface area (Å²) in [4.78, 5) is 11.2. The van der Waals surface area contributed by atoms with E-state index < -0.39 is 18.1 Å². The summed E-state index contributed by atoms with van der Waals surface area (Å²) < 4.78 is 26.6. The Kier molecular flexibility index (Phi) is 4.69. The first kappa shape index (κ1) is 18.7. The number of fused-ring (bicyclic) bond motifs is 5. The van der Waals surface area contributed by atoms with Gasteiger partial charge in [0.1, 0.15) is 0 Å². The maximum absolute atomic E-state index is 14.2. The van der Waals surface area contributed by atoms with Crippen molar-refractivity contribution in [1.29, 1.82) is 0 Å². The molecule has 1 N–H and O–H groups in total. The van der Waals surface area contributed by atoms with Gasteiger partial charge in [0.2, 0.25) is 6.29 Å². The third-order valence-corrected chi connectivity index (χ3v) is 6.79. The van der Waals surface area contributed by atoms with Gasteiger partial charge in [-0.25, -0.2) is 9.18 Å². The molecule has 0 aliphatic heterocycles. The van der Waals surface area contributed by atoms with E-state index in [4.69, 9.17) is 9.47 Å². The number of halogens is 1. The highest BCUT2D eigenvalue weighted by atomic mass is 19.1. The molecule has 3 aliphatic rings. The second-order valence-corrected chi connectivity index (χ2v) is 9.59. The van der Waals surface area contributed by atoms with Gasteiger partial charge >= 0.3 is 5.97 Å². The molecule has 0 amide bonds. The van der Waals surface area contributed by atoms with Gasteiger partial charge in [0.15, 0.2) is 11.6 Å². The molecule has 148 valence electrons. The predicted octanol–water partition coefficient (Wildman–Crippen LogP) is 5.12. The molecule has 4 rings (SSSR count). The van der Waals surface area contributed by atoms with Crippen molar-refractivity contribution in [2.45, 2.75) is 65.3 Å². The van der Waals surface area contributed by atoms with Gasteiger partial charge in [0.25, 0.3) is 0 Å². The Labute approximate surface area is 160 Å². The van der Waals surface area contributed by atoms with E-state index in [9.17, 15) is 14.3 Å². The van der Waals surface area contributed by atoms with E-state index in [2.05, 4.69) is 0 Å². The lowest BCUT2D eigenvalue weighted by atomic mass is 9.80. The lowest BCUT2D eigenvalue weighted by molar-refractivity contribution is -0.188. The van der Waals surface area contributed by atoms with Gasteiger partial charge in [-0.3, -0.25) is 0 Å². The van der Waals surface area contributed by atoms with Crippen LogP contribution in [0.5, 0.6) is 5.75 Å². The Morgan fingerprint density at radius 2 is 1.93 bits per heavy atom. The maximum atomic E-state index is 14.2. The number of rotatable bonds is 5. The molecule has 5 heteroatoms. The third-order valence-electron chi connectivity index (χ3n) is 6.79. The average molecular weight is 376 g/mol. The van der Waals surface area contributed by atoms with Gasteiger partial charge in [-0.05, 0) is 67.6 Å². The van der Waals surface area contributed by atoms with Crippen molar-refractivity contribution >= 4 is 5.97 Å². The first-order valence-corrected chi connectivity index (χ1v) is 10.1. The number of carboxylic acids is 1. The second-order valence-electron chi connectivity index (χ2n) is 9.59. The standard InChI is InChI=1S/C22H29FO4/c1-22(2,3)21(27-19-10-12(20(24)25)7-8-17(19)23)26-18-11-13-9-16(18)15-6-4-5-14(13)15/h7-8,10,13-16,18,21H,4-6,9,11H2,1-3H3,(H,24,25). The van der Waals surface area contributed by atoms with Crippen LogP contribution in [0.1, 0.15) is 63.2 Å². The number of hydrogen-bond acceptors (Lipinski definition) is 3. The molecule has 3 fully saturated rings. The highest BCUT2D eigenvalue weighted by Gasteiger charge is 2.55. The maximum Gasteiger partial charge on any atom is 0.335 e. The zero-order chi connectivity index (χ0) is 19.3. The summed E-state index contributed by atoms with van der Waals surface area (Å²) in [7, 11) is 0. The van der Waals surface area contributed by atoms with Crippen LogP contribution in [-0.4, -0.2) is 23.5 Å². The molecular weight excluding hydrogens is 347 g/mol. The van der Waals surface area contributed by atoms with Crippen LogP contribution in [0.4, 0.5) is 4.39 Å². The van der Waals surface area contributed by atoms with Crippen molar-refractivity contribution < 1.29 is 23.8 Å². The fourth-order valence-corrected chi connectivity index (χ4v) is 5.57. The van der Waals surface area contributed by atoms with Crippen molar-refractivity contribution in [3.05, 3.63) is 29.6 Å². The number of hydrogen-bond donors (Lipinski definition) is 1. The SMILES string of the molecule is CC(C)(C)C(Oc1cc(C(=O)O)ccc1F)OC1CC2CC1C1CCCC21. The predicted molar refractivity (Wildman–Crippen MR) is 99.1 cm³/mol. The number of carbonyl (C=O) groups is 1. The largest absolute Gasteiger partial charge is 0.478 e. The zero-order valence-corrected chi connectivity index (χ0v) is 16.3. The number of aromatic carboxylic acids is 1. The van der Waals surface area contributed by atoms with Crippen LogP contribution in [0.15, 0.2) is 18.2 Å². The number of benzene rings is 1. The lowest BCUT2D eigenvalue weighted by Gasteiger charge is -2.38. The second kappa shape index (κ2) is 6.77. The van der Waals surface area contributed by atoms with E-state index in [-0.39, 0.29) is 22.8 Å². The molecule has 0 aromatic heterocycles. The minimum atomic E-state index is -1.10. The first-order chi connectivity index (χ1) is 12.7. The van der Waals surface area contributed by atoms with Gasteiger partial charge in [0, 0.05) is 5.41 Å². The molecule has 0 heterocycles. The Morgan fingerprint density at radius 3 is 2.63 bits per heavy atom. The Morgan fingerprint density at radius 1 is 1.19 bits per heavy atom. The third kappa shape index (κ3) is 3.46. The van der Waals surface area contributed by atoms with Crippen LogP contribution >= 0.6 is 0 Å². The van der Waals surface area contributed by atoms with Gasteiger partial charge in [-0.2, -0.15) is 0 Å². The molecule has 4 nitrogen and oxygen atoms in total. The lowest BCUT2D eigenvalue weighted by Crippen LogP contribution is -2.41. The molecular formula is C22H29FO4.